The number of carbonyl (C=O) groups excluding carboxylic acids is 2. The summed E-state index contributed by atoms with van der Waals surface area (Å²) < 4.78 is 0. The van der Waals surface area contributed by atoms with Gasteiger partial charge < -0.3 is 5.32 Å². The van der Waals surface area contributed by atoms with Crippen LogP contribution in [0.1, 0.15) is 30.1 Å². The van der Waals surface area contributed by atoms with Crippen molar-refractivity contribution >= 4 is 17.5 Å². The largest absolute Gasteiger partial charge is 0.347 e. The van der Waals surface area contributed by atoms with Crippen LogP contribution in [-0.4, -0.2) is 16.8 Å². The Kier molecular flexibility index (Phi) is 7.48. The molecule has 1 aromatic heterocycles. The highest BCUT2D eigenvalue weighted by atomic mass is 16.2. The minimum absolute atomic E-state index is 0.246. The molecule has 4 rings (SSSR count). The van der Waals surface area contributed by atoms with Crippen molar-refractivity contribution in [2.45, 2.75) is 19.0 Å². The molecule has 0 saturated carbocycles. The first kappa shape index (κ1) is 23.6. The van der Waals surface area contributed by atoms with Gasteiger partial charge in [0.15, 0.2) is 0 Å². The Balaban J connectivity index is 1.71. The van der Waals surface area contributed by atoms with Crippen molar-refractivity contribution in [2.24, 2.45) is 0 Å². The van der Waals surface area contributed by atoms with Gasteiger partial charge in [0.2, 0.25) is 5.91 Å². The number of hydrogen-bond acceptors (Lipinski definition) is 3. The molecule has 1 N–H and O–H groups in total. The molecule has 3 aromatic carbocycles. The van der Waals surface area contributed by atoms with Crippen LogP contribution in [0, 0.1) is 0 Å². The van der Waals surface area contributed by atoms with Gasteiger partial charge in [0.05, 0.1) is 6.04 Å². The molecule has 2 amide bonds. The van der Waals surface area contributed by atoms with Gasteiger partial charge in [0, 0.05) is 23.6 Å². The third-order valence-electron chi connectivity index (χ3n) is 5.83. The molecule has 174 valence electrons. The highest BCUT2D eigenvalue weighted by Gasteiger charge is 2.32. The van der Waals surface area contributed by atoms with E-state index in [0.29, 0.717) is 11.3 Å². The average molecular weight is 462 g/mol. The van der Waals surface area contributed by atoms with Crippen LogP contribution in [0.25, 0.3) is 11.1 Å². The molecule has 4 aromatic rings. The lowest BCUT2D eigenvalue weighted by molar-refractivity contribution is -0.125. The molecule has 5 heteroatoms. The van der Waals surface area contributed by atoms with Crippen LogP contribution < -0.4 is 10.2 Å². The lowest BCUT2D eigenvalue weighted by Gasteiger charge is -2.31. The number of nitrogens with zero attached hydrogens (tertiary/aromatic N) is 2. The Morgan fingerprint density at radius 1 is 0.829 bits per heavy atom. The Morgan fingerprint density at radius 2 is 1.43 bits per heavy atom. The molecule has 0 aliphatic carbocycles. The van der Waals surface area contributed by atoms with E-state index in [1.165, 1.54) is 11.0 Å². The molecule has 2 atom stereocenters. The smallest absolute Gasteiger partial charge is 0.251 e. The van der Waals surface area contributed by atoms with Crippen molar-refractivity contribution in [3.05, 3.63) is 133 Å². The van der Waals surface area contributed by atoms with E-state index in [-0.39, 0.29) is 17.9 Å². The van der Waals surface area contributed by atoms with E-state index in [0.717, 1.165) is 16.7 Å². The summed E-state index contributed by atoms with van der Waals surface area (Å²) in [5.74, 6) is -0.689. The minimum atomic E-state index is -0.928. The molecule has 0 aliphatic rings. The number of anilines is 1. The van der Waals surface area contributed by atoms with E-state index in [4.69, 9.17) is 0 Å². The van der Waals surface area contributed by atoms with E-state index in [9.17, 15) is 9.59 Å². The molecule has 1 unspecified atom stereocenters. The van der Waals surface area contributed by atoms with Gasteiger partial charge in [-0.15, -0.1) is 0 Å². The Bertz CT molecular complexity index is 1270. The van der Waals surface area contributed by atoms with Crippen LogP contribution in [0.4, 0.5) is 5.69 Å². The fraction of sp³-hybridized carbons (Fsp3) is 0.100. The number of aromatic nitrogens is 1. The second kappa shape index (κ2) is 11.1. The van der Waals surface area contributed by atoms with Gasteiger partial charge in [0.25, 0.3) is 5.91 Å². The zero-order valence-electron chi connectivity index (χ0n) is 19.5. The molecule has 5 nitrogen and oxygen atoms in total. The summed E-state index contributed by atoms with van der Waals surface area (Å²) in [5.41, 5.74) is 4.25. The van der Waals surface area contributed by atoms with E-state index in [1.54, 1.807) is 24.5 Å². The van der Waals surface area contributed by atoms with E-state index in [1.807, 2.05) is 91.9 Å². The summed E-state index contributed by atoms with van der Waals surface area (Å²) in [4.78, 5) is 32.5. The molecule has 0 saturated heterocycles. The third-order valence-corrected chi connectivity index (χ3v) is 5.83. The standard InChI is InChI=1S/C30H27N3O2/c1-3-28(34)33(27-18-16-25(17-19-27)24-13-8-5-9-14-24)29(26-15-10-20-31-21-26)30(35)32-22(2)23-11-6-4-7-12-23/h3-22,29H,1H2,2H3,(H,32,35)/t22-,29?/m0/s1. The van der Waals surface area contributed by atoms with Crippen LogP contribution in [0.15, 0.2) is 122 Å². The van der Waals surface area contributed by atoms with Crippen molar-refractivity contribution in [1.29, 1.82) is 0 Å². The van der Waals surface area contributed by atoms with Crippen LogP contribution in [0.5, 0.6) is 0 Å². The fourth-order valence-corrected chi connectivity index (χ4v) is 4.02. The first-order valence-corrected chi connectivity index (χ1v) is 11.4. The number of rotatable bonds is 8. The van der Waals surface area contributed by atoms with E-state index >= 15 is 0 Å². The van der Waals surface area contributed by atoms with Gasteiger partial charge in [-0.05, 0) is 47.9 Å². The molecule has 0 radical (unpaired) electrons. The summed E-state index contributed by atoms with van der Waals surface area (Å²) in [6.45, 7) is 5.60. The van der Waals surface area contributed by atoms with Gasteiger partial charge in [-0.3, -0.25) is 19.5 Å². The summed E-state index contributed by atoms with van der Waals surface area (Å²) in [6.07, 6.45) is 4.47. The van der Waals surface area contributed by atoms with E-state index < -0.39 is 6.04 Å². The second-order valence-corrected chi connectivity index (χ2v) is 8.16. The molecule has 0 fully saturated rings. The second-order valence-electron chi connectivity index (χ2n) is 8.16. The number of benzene rings is 3. The van der Waals surface area contributed by atoms with Crippen molar-refractivity contribution < 1.29 is 9.59 Å². The van der Waals surface area contributed by atoms with E-state index in [2.05, 4.69) is 16.9 Å². The van der Waals surface area contributed by atoms with Gasteiger partial charge in [-0.2, -0.15) is 0 Å². The molecule has 0 spiro atoms. The fourth-order valence-electron chi connectivity index (χ4n) is 4.02. The predicted octanol–water partition coefficient (Wildman–Crippen LogP) is 5.89. The van der Waals surface area contributed by atoms with Crippen molar-refractivity contribution in [1.82, 2.24) is 10.3 Å². The molecular weight excluding hydrogens is 434 g/mol. The number of pyridine rings is 1. The summed E-state index contributed by atoms with van der Waals surface area (Å²) in [7, 11) is 0. The Morgan fingerprint density at radius 3 is 2.03 bits per heavy atom. The maximum atomic E-state index is 13.7. The summed E-state index contributed by atoms with van der Waals surface area (Å²) in [6, 6.07) is 29.6. The number of hydrogen-bond donors (Lipinski definition) is 1. The summed E-state index contributed by atoms with van der Waals surface area (Å²) in [5, 5.41) is 3.07. The van der Waals surface area contributed by atoms with Gasteiger partial charge in [-0.1, -0.05) is 85.4 Å². The maximum Gasteiger partial charge on any atom is 0.251 e. The van der Waals surface area contributed by atoms with Crippen molar-refractivity contribution in [2.75, 3.05) is 4.90 Å². The van der Waals surface area contributed by atoms with Gasteiger partial charge in [0.1, 0.15) is 6.04 Å². The van der Waals surface area contributed by atoms with Crippen LogP contribution in [0.2, 0.25) is 0 Å². The zero-order chi connectivity index (χ0) is 24.6. The SMILES string of the molecule is C=CC(=O)N(c1ccc(-c2ccccc2)cc1)C(C(=O)N[C@@H](C)c1ccccc1)c1cccnc1. The molecule has 35 heavy (non-hydrogen) atoms. The van der Waals surface area contributed by atoms with Crippen LogP contribution in [-0.2, 0) is 9.59 Å². The monoisotopic (exact) mass is 461 g/mol. The predicted molar refractivity (Wildman–Crippen MR) is 140 cm³/mol. The highest BCUT2D eigenvalue weighted by Crippen LogP contribution is 2.31. The number of carbonyl (C=O) groups is 2. The molecule has 0 bridgehead atoms. The summed E-state index contributed by atoms with van der Waals surface area (Å²) >= 11 is 0. The molecule has 0 aliphatic heterocycles. The quantitative estimate of drug-likeness (QED) is 0.333. The number of nitrogens with one attached hydrogen (secondary N) is 1. The Labute approximate surface area is 205 Å². The van der Waals surface area contributed by atoms with Gasteiger partial charge in [-0.25, -0.2) is 0 Å². The number of amides is 2. The van der Waals surface area contributed by atoms with Crippen molar-refractivity contribution in [3.8, 4) is 11.1 Å². The van der Waals surface area contributed by atoms with Gasteiger partial charge >= 0.3 is 0 Å². The lowest BCUT2D eigenvalue weighted by atomic mass is 10.0. The third kappa shape index (κ3) is 5.53. The normalized spacial score (nSPS) is 12.3. The topological polar surface area (TPSA) is 62.3 Å². The molecule has 1 heterocycles. The zero-order valence-corrected chi connectivity index (χ0v) is 19.5. The highest BCUT2D eigenvalue weighted by molar-refractivity contribution is 6.06. The first-order chi connectivity index (χ1) is 17.1. The first-order valence-electron chi connectivity index (χ1n) is 11.4. The lowest BCUT2D eigenvalue weighted by Crippen LogP contribution is -2.44. The Hall–Kier alpha value is -4.51. The van der Waals surface area contributed by atoms with Crippen LogP contribution in [0.3, 0.4) is 0 Å². The van der Waals surface area contributed by atoms with Crippen molar-refractivity contribution in [3.63, 3.8) is 0 Å². The molecular formula is C30H27N3O2. The minimum Gasteiger partial charge on any atom is -0.347 e. The maximum absolute atomic E-state index is 13.7. The van der Waals surface area contributed by atoms with Crippen LogP contribution >= 0.6 is 0 Å². The average Bonchev–Trinajstić information content (AvgIpc) is 2.92.